The molecule has 0 saturated carbocycles. The van der Waals surface area contributed by atoms with Crippen LogP contribution in [0.5, 0.6) is 0 Å². The Morgan fingerprint density at radius 3 is 2.58 bits per heavy atom. The minimum atomic E-state index is -0.440. The molecule has 0 spiro atoms. The van der Waals surface area contributed by atoms with Gasteiger partial charge < -0.3 is 14.7 Å². The van der Waals surface area contributed by atoms with Gasteiger partial charge in [0.05, 0.1) is 5.25 Å². The molecular weight excluding hydrogens is 329 g/mol. The molecule has 2 aliphatic heterocycles. The maximum atomic E-state index is 14.2. The van der Waals surface area contributed by atoms with E-state index >= 15 is 0 Å². The zero-order chi connectivity index (χ0) is 17.3. The largest absolute Gasteiger partial charge is 0.339 e. The monoisotopic (exact) mass is 351 g/mol. The summed E-state index contributed by atoms with van der Waals surface area (Å²) < 4.78 is 14.2. The van der Waals surface area contributed by atoms with E-state index in [1.807, 2.05) is 7.05 Å². The van der Waals surface area contributed by atoms with Crippen LogP contribution in [-0.2, 0) is 9.59 Å². The van der Waals surface area contributed by atoms with E-state index < -0.39 is 5.37 Å². The standard InChI is InChI=1S/C17H22FN3O2S/c1-12-16(23)21(11-15(22)20-9-7-19(2)8-10-20)17(24-12)13-5-3-4-6-14(13)18/h3-6,12,17H,7-11H2,1-2H3/t12-,17+/m1/s1. The quantitative estimate of drug-likeness (QED) is 0.829. The van der Waals surface area contributed by atoms with Gasteiger partial charge in [-0.05, 0) is 20.0 Å². The Morgan fingerprint density at radius 1 is 1.25 bits per heavy atom. The van der Waals surface area contributed by atoms with Crippen LogP contribution < -0.4 is 0 Å². The fourth-order valence-electron chi connectivity index (χ4n) is 3.05. The smallest absolute Gasteiger partial charge is 0.242 e. The van der Waals surface area contributed by atoms with Crippen molar-refractivity contribution in [2.24, 2.45) is 0 Å². The van der Waals surface area contributed by atoms with Crippen LogP contribution in [0, 0.1) is 5.82 Å². The van der Waals surface area contributed by atoms with Crippen molar-refractivity contribution in [3.8, 4) is 0 Å². The first kappa shape index (κ1) is 17.2. The van der Waals surface area contributed by atoms with Gasteiger partial charge in [0, 0.05) is 31.7 Å². The number of rotatable bonds is 3. The molecule has 2 heterocycles. The Balaban J connectivity index is 1.75. The minimum absolute atomic E-state index is 0.0128. The fraction of sp³-hybridized carbons (Fsp3) is 0.529. The lowest BCUT2D eigenvalue weighted by Crippen LogP contribution is -2.50. The molecule has 2 atom stereocenters. The van der Waals surface area contributed by atoms with Crippen molar-refractivity contribution in [3.63, 3.8) is 0 Å². The molecule has 0 N–H and O–H groups in total. The summed E-state index contributed by atoms with van der Waals surface area (Å²) in [6.45, 7) is 4.83. The van der Waals surface area contributed by atoms with Gasteiger partial charge >= 0.3 is 0 Å². The third-order valence-corrected chi connectivity index (χ3v) is 5.96. The van der Waals surface area contributed by atoms with Crippen molar-refractivity contribution in [3.05, 3.63) is 35.6 Å². The number of piperazine rings is 1. The van der Waals surface area contributed by atoms with Crippen molar-refractivity contribution in [2.75, 3.05) is 39.8 Å². The Labute approximate surface area is 145 Å². The van der Waals surface area contributed by atoms with Crippen LogP contribution in [0.1, 0.15) is 17.9 Å². The average Bonchev–Trinajstić information content (AvgIpc) is 2.84. The first-order valence-electron chi connectivity index (χ1n) is 8.14. The molecule has 0 aliphatic carbocycles. The number of halogens is 1. The second kappa shape index (κ2) is 7.11. The second-order valence-corrected chi connectivity index (χ2v) is 7.73. The maximum absolute atomic E-state index is 14.2. The molecule has 0 bridgehead atoms. The summed E-state index contributed by atoms with van der Waals surface area (Å²) in [5, 5.41) is -0.708. The van der Waals surface area contributed by atoms with Crippen LogP contribution in [-0.4, -0.2) is 71.5 Å². The molecule has 5 nitrogen and oxygen atoms in total. The molecule has 24 heavy (non-hydrogen) atoms. The van der Waals surface area contributed by atoms with E-state index in [-0.39, 0.29) is 29.4 Å². The van der Waals surface area contributed by atoms with Gasteiger partial charge in [-0.2, -0.15) is 0 Å². The number of nitrogens with zero attached hydrogens (tertiary/aromatic N) is 3. The predicted molar refractivity (Wildman–Crippen MR) is 92.0 cm³/mol. The molecular formula is C17H22FN3O2S. The molecule has 130 valence electrons. The lowest BCUT2D eigenvalue weighted by molar-refractivity contribution is -0.140. The van der Waals surface area contributed by atoms with Gasteiger partial charge in [0.1, 0.15) is 17.7 Å². The Hall–Kier alpha value is -1.60. The zero-order valence-electron chi connectivity index (χ0n) is 13.9. The Bertz CT molecular complexity index is 634. The summed E-state index contributed by atoms with van der Waals surface area (Å²) in [7, 11) is 2.03. The van der Waals surface area contributed by atoms with Gasteiger partial charge in [-0.25, -0.2) is 4.39 Å². The molecule has 2 saturated heterocycles. The number of carbonyl (C=O) groups excluding carboxylic acids is 2. The predicted octanol–water partition coefficient (Wildman–Crippen LogP) is 1.56. The summed E-state index contributed by atoms with van der Waals surface area (Å²) in [6, 6.07) is 6.46. The van der Waals surface area contributed by atoms with E-state index in [2.05, 4.69) is 4.90 Å². The van der Waals surface area contributed by atoms with Crippen LogP contribution in [0.3, 0.4) is 0 Å². The van der Waals surface area contributed by atoms with Crippen molar-refractivity contribution in [1.82, 2.24) is 14.7 Å². The number of thioether (sulfide) groups is 1. The molecule has 0 aromatic heterocycles. The molecule has 7 heteroatoms. The molecule has 1 aromatic rings. The molecule has 0 unspecified atom stereocenters. The maximum Gasteiger partial charge on any atom is 0.242 e. The molecule has 0 radical (unpaired) electrons. The summed E-state index contributed by atoms with van der Waals surface area (Å²) in [5.41, 5.74) is 0.464. The van der Waals surface area contributed by atoms with Crippen LogP contribution in [0.15, 0.2) is 24.3 Å². The number of hydrogen-bond donors (Lipinski definition) is 0. The van der Waals surface area contributed by atoms with E-state index in [9.17, 15) is 14.0 Å². The lowest BCUT2D eigenvalue weighted by atomic mass is 10.2. The highest BCUT2D eigenvalue weighted by molar-refractivity contribution is 8.01. The Morgan fingerprint density at radius 2 is 1.92 bits per heavy atom. The molecule has 1 aromatic carbocycles. The number of benzene rings is 1. The van der Waals surface area contributed by atoms with E-state index in [4.69, 9.17) is 0 Å². The minimum Gasteiger partial charge on any atom is -0.339 e. The average molecular weight is 351 g/mol. The van der Waals surface area contributed by atoms with Crippen molar-refractivity contribution < 1.29 is 14.0 Å². The summed E-state index contributed by atoms with van der Waals surface area (Å²) in [5.74, 6) is -0.503. The van der Waals surface area contributed by atoms with Gasteiger partial charge in [-0.3, -0.25) is 9.59 Å². The van der Waals surface area contributed by atoms with Gasteiger partial charge in [0.15, 0.2) is 0 Å². The third-order valence-electron chi connectivity index (χ3n) is 4.58. The summed E-state index contributed by atoms with van der Waals surface area (Å²) >= 11 is 1.40. The van der Waals surface area contributed by atoms with Crippen molar-refractivity contribution in [1.29, 1.82) is 0 Å². The van der Waals surface area contributed by atoms with Crippen LogP contribution >= 0.6 is 11.8 Å². The highest BCUT2D eigenvalue weighted by atomic mass is 32.2. The summed E-state index contributed by atoms with van der Waals surface area (Å²) in [4.78, 5) is 30.5. The van der Waals surface area contributed by atoms with E-state index in [0.717, 1.165) is 13.1 Å². The SMILES string of the molecule is C[C@H]1S[C@@H](c2ccccc2F)N(CC(=O)N2CCN(C)CC2)C1=O. The number of likely N-dealkylation sites (N-methyl/N-ethyl adjacent to an activating group) is 1. The normalized spacial score (nSPS) is 25.4. The van der Waals surface area contributed by atoms with Crippen molar-refractivity contribution >= 4 is 23.6 Å². The highest BCUT2D eigenvalue weighted by Gasteiger charge is 2.41. The second-order valence-electron chi connectivity index (χ2n) is 6.30. The highest BCUT2D eigenvalue weighted by Crippen LogP contribution is 2.43. The van der Waals surface area contributed by atoms with Gasteiger partial charge in [0.25, 0.3) is 0 Å². The first-order valence-corrected chi connectivity index (χ1v) is 9.08. The van der Waals surface area contributed by atoms with E-state index in [1.54, 1.807) is 30.0 Å². The third kappa shape index (κ3) is 3.42. The molecule has 2 aliphatic rings. The molecule has 2 fully saturated rings. The summed E-state index contributed by atoms with van der Waals surface area (Å²) in [6.07, 6.45) is 0. The number of amides is 2. The number of carbonyl (C=O) groups is 2. The van der Waals surface area contributed by atoms with E-state index in [0.29, 0.717) is 18.7 Å². The lowest BCUT2D eigenvalue weighted by Gasteiger charge is -2.34. The van der Waals surface area contributed by atoms with Gasteiger partial charge in [-0.15, -0.1) is 11.8 Å². The van der Waals surface area contributed by atoms with Gasteiger partial charge in [-0.1, -0.05) is 18.2 Å². The fourth-order valence-corrected chi connectivity index (χ4v) is 4.35. The number of hydrogen-bond acceptors (Lipinski definition) is 4. The van der Waals surface area contributed by atoms with E-state index in [1.165, 1.54) is 22.7 Å². The Kier molecular flexibility index (Phi) is 5.10. The van der Waals surface area contributed by atoms with Crippen LogP contribution in [0.4, 0.5) is 4.39 Å². The van der Waals surface area contributed by atoms with Gasteiger partial charge in [0.2, 0.25) is 11.8 Å². The first-order chi connectivity index (χ1) is 11.5. The zero-order valence-corrected chi connectivity index (χ0v) is 14.8. The van der Waals surface area contributed by atoms with Crippen molar-refractivity contribution in [2.45, 2.75) is 17.5 Å². The molecule has 2 amide bonds. The topological polar surface area (TPSA) is 43.9 Å². The van der Waals surface area contributed by atoms with Crippen LogP contribution in [0.2, 0.25) is 0 Å². The molecule has 3 rings (SSSR count). The van der Waals surface area contributed by atoms with Crippen LogP contribution in [0.25, 0.3) is 0 Å².